The first-order valence-corrected chi connectivity index (χ1v) is 9.26. The normalized spacial score (nSPS) is 11.5. The Labute approximate surface area is 180 Å². The Morgan fingerprint density at radius 1 is 1.15 bits per heavy atom. The lowest BCUT2D eigenvalue weighted by molar-refractivity contribution is -0.116. The minimum Gasteiger partial charge on any atom is -0.356 e. The summed E-state index contributed by atoms with van der Waals surface area (Å²) < 4.78 is 0. The average Bonchev–Trinajstić information content (AvgIpc) is 2.58. The molecule has 0 bridgehead atoms. The Morgan fingerprint density at radius 3 is 2.30 bits per heavy atom. The van der Waals surface area contributed by atoms with Crippen molar-refractivity contribution in [3.63, 3.8) is 0 Å². The van der Waals surface area contributed by atoms with E-state index in [1.807, 2.05) is 13.0 Å². The second-order valence-electron chi connectivity index (χ2n) is 6.87. The molecule has 1 aromatic heterocycles. The molecule has 0 unspecified atom stereocenters. The highest BCUT2D eigenvalue weighted by Gasteiger charge is 2.12. The van der Waals surface area contributed by atoms with Crippen molar-refractivity contribution in [2.24, 2.45) is 4.99 Å². The van der Waals surface area contributed by atoms with Crippen molar-refractivity contribution in [2.75, 3.05) is 32.0 Å². The first-order valence-electron chi connectivity index (χ1n) is 9.26. The molecule has 0 radical (unpaired) electrons. The van der Waals surface area contributed by atoms with Crippen molar-refractivity contribution < 1.29 is 4.79 Å². The minimum atomic E-state index is -0.0740. The maximum atomic E-state index is 12.0. The van der Waals surface area contributed by atoms with Crippen LogP contribution in [0.15, 0.2) is 23.3 Å². The maximum Gasteiger partial charge on any atom is 0.227 e. The van der Waals surface area contributed by atoms with Gasteiger partial charge in [-0.05, 0) is 46.2 Å². The number of hydrogen-bond acceptors (Lipinski definition) is 4. The molecule has 1 amide bonds. The summed E-state index contributed by atoms with van der Waals surface area (Å²) in [5.41, 5.74) is 1.06. The van der Waals surface area contributed by atoms with Crippen molar-refractivity contribution in [3.05, 3.63) is 23.9 Å². The van der Waals surface area contributed by atoms with Gasteiger partial charge < -0.3 is 16.0 Å². The standard InChI is InChI=1S/C19H34N6O.HI/c1-14(2)25(15(3)4)12-11-22-19(20-6)21-10-9-18(26)24-17-8-7-16(5)13-23-17;/h7-8,13-15H,9-12H2,1-6H3,(H2,20,21,22)(H,23,24,26);1H. The van der Waals surface area contributed by atoms with Gasteiger partial charge in [0.15, 0.2) is 5.96 Å². The summed E-state index contributed by atoms with van der Waals surface area (Å²) in [5.74, 6) is 1.21. The first-order chi connectivity index (χ1) is 12.3. The summed E-state index contributed by atoms with van der Waals surface area (Å²) in [6.07, 6.45) is 2.08. The third-order valence-corrected chi connectivity index (χ3v) is 4.04. The van der Waals surface area contributed by atoms with Gasteiger partial charge in [0, 0.05) is 51.4 Å². The number of hydrogen-bond donors (Lipinski definition) is 3. The van der Waals surface area contributed by atoms with Crippen LogP contribution in [-0.4, -0.2) is 60.5 Å². The Balaban J connectivity index is 0.00000676. The first kappa shape index (κ1) is 25.6. The third kappa shape index (κ3) is 10.5. The predicted molar refractivity (Wildman–Crippen MR) is 124 cm³/mol. The van der Waals surface area contributed by atoms with Crippen molar-refractivity contribution in [3.8, 4) is 0 Å². The Hall–Kier alpha value is -1.42. The molecule has 0 aliphatic heterocycles. The Kier molecular flexibility index (Phi) is 13.0. The minimum absolute atomic E-state index is 0. The van der Waals surface area contributed by atoms with Crippen LogP contribution in [0.5, 0.6) is 0 Å². The zero-order valence-corrected chi connectivity index (χ0v) is 19.7. The van der Waals surface area contributed by atoms with E-state index in [0.717, 1.165) is 18.7 Å². The lowest BCUT2D eigenvalue weighted by Gasteiger charge is -2.30. The molecule has 0 saturated heterocycles. The number of carbonyl (C=O) groups is 1. The van der Waals surface area contributed by atoms with E-state index in [1.54, 1.807) is 19.3 Å². The predicted octanol–water partition coefficient (Wildman–Crippen LogP) is 2.62. The van der Waals surface area contributed by atoms with Crippen LogP contribution in [0, 0.1) is 6.92 Å². The molecule has 154 valence electrons. The summed E-state index contributed by atoms with van der Waals surface area (Å²) in [5, 5.41) is 9.25. The lowest BCUT2D eigenvalue weighted by atomic mass is 10.2. The molecule has 3 N–H and O–H groups in total. The molecule has 0 aromatic carbocycles. The van der Waals surface area contributed by atoms with Gasteiger partial charge in [0.05, 0.1) is 0 Å². The quantitative estimate of drug-likeness (QED) is 0.282. The Bertz CT molecular complexity index is 566. The van der Waals surface area contributed by atoms with E-state index in [4.69, 9.17) is 0 Å². The number of halogens is 1. The number of aromatic nitrogens is 1. The summed E-state index contributed by atoms with van der Waals surface area (Å²) in [6.45, 7) is 13.0. The molecule has 0 saturated carbocycles. The second kappa shape index (κ2) is 13.7. The molecule has 0 spiro atoms. The van der Waals surface area contributed by atoms with Gasteiger partial charge in [0.25, 0.3) is 0 Å². The van der Waals surface area contributed by atoms with Crippen LogP contribution in [-0.2, 0) is 4.79 Å². The SMILES string of the molecule is CN=C(NCCC(=O)Nc1ccc(C)cn1)NCCN(C(C)C)C(C)C.I. The molecule has 0 aliphatic rings. The lowest BCUT2D eigenvalue weighted by Crippen LogP contribution is -2.45. The van der Waals surface area contributed by atoms with E-state index < -0.39 is 0 Å². The number of nitrogens with one attached hydrogen (secondary N) is 3. The van der Waals surface area contributed by atoms with Crippen molar-refractivity contribution in [1.82, 2.24) is 20.5 Å². The molecule has 1 heterocycles. The number of amides is 1. The highest BCUT2D eigenvalue weighted by Crippen LogP contribution is 2.04. The van der Waals surface area contributed by atoms with Crippen LogP contribution in [0.3, 0.4) is 0 Å². The number of guanidine groups is 1. The van der Waals surface area contributed by atoms with Gasteiger partial charge in [-0.15, -0.1) is 24.0 Å². The van der Waals surface area contributed by atoms with E-state index >= 15 is 0 Å². The van der Waals surface area contributed by atoms with Crippen LogP contribution in [0.25, 0.3) is 0 Å². The van der Waals surface area contributed by atoms with E-state index in [1.165, 1.54) is 0 Å². The van der Waals surface area contributed by atoms with Crippen molar-refractivity contribution in [1.29, 1.82) is 0 Å². The van der Waals surface area contributed by atoms with Crippen molar-refractivity contribution >= 4 is 41.7 Å². The summed E-state index contributed by atoms with van der Waals surface area (Å²) in [4.78, 5) is 22.7. The summed E-state index contributed by atoms with van der Waals surface area (Å²) in [6, 6.07) is 4.73. The van der Waals surface area contributed by atoms with Gasteiger partial charge in [-0.3, -0.25) is 14.7 Å². The van der Waals surface area contributed by atoms with Crippen molar-refractivity contribution in [2.45, 2.75) is 53.1 Å². The largest absolute Gasteiger partial charge is 0.356 e. The maximum absolute atomic E-state index is 12.0. The van der Waals surface area contributed by atoms with Gasteiger partial charge in [-0.2, -0.15) is 0 Å². The van der Waals surface area contributed by atoms with E-state index in [0.29, 0.717) is 36.8 Å². The number of aliphatic imine (C=N–C) groups is 1. The van der Waals surface area contributed by atoms with Gasteiger partial charge in [-0.1, -0.05) is 6.07 Å². The summed E-state index contributed by atoms with van der Waals surface area (Å²) >= 11 is 0. The molecule has 27 heavy (non-hydrogen) atoms. The fraction of sp³-hybridized carbons (Fsp3) is 0.632. The molecular formula is C19H35IN6O. The van der Waals surface area contributed by atoms with E-state index in [9.17, 15) is 4.79 Å². The highest BCUT2D eigenvalue weighted by atomic mass is 127. The van der Waals surface area contributed by atoms with Gasteiger partial charge in [-0.25, -0.2) is 4.98 Å². The number of nitrogens with zero attached hydrogens (tertiary/aromatic N) is 3. The monoisotopic (exact) mass is 490 g/mol. The van der Waals surface area contributed by atoms with Gasteiger partial charge >= 0.3 is 0 Å². The molecule has 1 aromatic rings. The number of rotatable bonds is 9. The number of aryl methyl sites for hydroxylation is 1. The molecule has 8 heteroatoms. The zero-order chi connectivity index (χ0) is 19.5. The highest BCUT2D eigenvalue weighted by molar-refractivity contribution is 14.0. The van der Waals surface area contributed by atoms with Crippen LogP contribution in [0.1, 0.15) is 39.7 Å². The topological polar surface area (TPSA) is 81.6 Å². The van der Waals surface area contributed by atoms with Gasteiger partial charge in [0.2, 0.25) is 5.91 Å². The average molecular weight is 490 g/mol. The van der Waals surface area contributed by atoms with Crippen LogP contribution < -0.4 is 16.0 Å². The van der Waals surface area contributed by atoms with E-state index in [-0.39, 0.29) is 29.9 Å². The fourth-order valence-electron chi connectivity index (χ4n) is 2.68. The van der Waals surface area contributed by atoms with Crippen LogP contribution in [0.4, 0.5) is 5.82 Å². The second-order valence-corrected chi connectivity index (χ2v) is 6.87. The number of pyridine rings is 1. The third-order valence-electron chi connectivity index (χ3n) is 4.04. The van der Waals surface area contributed by atoms with E-state index in [2.05, 4.69) is 58.5 Å². The molecule has 1 rings (SSSR count). The number of anilines is 1. The zero-order valence-electron chi connectivity index (χ0n) is 17.4. The Morgan fingerprint density at radius 2 is 1.78 bits per heavy atom. The van der Waals surface area contributed by atoms with Crippen LogP contribution >= 0.6 is 24.0 Å². The van der Waals surface area contributed by atoms with Crippen LogP contribution in [0.2, 0.25) is 0 Å². The molecule has 0 aliphatic carbocycles. The number of carbonyl (C=O) groups excluding carboxylic acids is 1. The van der Waals surface area contributed by atoms with Gasteiger partial charge in [0.1, 0.15) is 5.82 Å². The molecule has 0 atom stereocenters. The molecule has 7 nitrogen and oxygen atoms in total. The molecule has 0 fully saturated rings. The fourth-order valence-corrected chi connectivity index (χ4v) is 2.68. The molecular weight excluding hydrogens is 455 g/mol. The smallest absolute Gasteiger partial charge is 0.227 e. The summed E-state index contributed by atoms with van der Waals surface area (Å²) in [7, 11) is 1.73.